The van der Waals surface area contributed by atoms with Gasteiger partial charge in [0, 0.05) is 25.2 Å². The number of imidazole rings is 1. The zero-order valence-electron chi connectivity index (χ0n) is 19.8. The van der Waals surface area contributed by atoms with E-state index in [1.807, 2.05) is 4.90 Å². The molecule has 1 aliphatic carbocycles. The van der Waals surface area contributed by atoms with Gasteiger partial charge in [0.2, 0.25) is 17.7 Å². The third-order valence-electron chi connectivity index (χ3n) is 6.49. The quantitative estimate of drug-likeness (QED) is 0.506. The van der Waals surface area contributed by atoms with Gasteiger partial charge in [-0.15, -0.1) is 0 Å². The topological polar surface area (TPSA) is 120 Å². The molecule has 0 bridgehead atoms. The van der Waals surface area contributed by atoms with Gasteiger partial charge in [-0.05, 0) is 37.8 Å². The molecule has 1 saturated heterocycles. The highest BCUT2D eigenvalue weighted by molar-refractivity contribution is 5.78. The number of carbonyl (C=O) groups is 1. The average molecular weight is 502 g/mol. The van der Waals surface area contributed by atoms with E-state index in [2.05, 4.69) is 20.3 Å². The standard InChI is InChI=1S/C24H29F2N7O3/c25-22(26)23-29-17-3-1-2-4-18(17)33(23)19-13-21(31-24(30-19)32-9-11-35-12-10-32)36-16-7-5-15(6-8-16)28-20(34)14-27/h1-4,13,15-16,22H,5-12,14,27H2,(H,28,34)/t15-,16-. The van der Waals surface area contributed by atoms with Crippen LogP contribution in [0.4, 0.5) is 14.7 Å². The molecule has 0 radical (unpaired) electrons. The van der Waals surface area contributed by atoms with Gasteiger partial charge in [0.15, 0.2) is 5.82 Å². The molecule has 36 heavy (non-hydrogen) atoms. The second kappa shape index (κ2) is 10.7. The summed E-state index contributed by atoms with van der Waals surface area (Å²) in [5.41, 5.74) is 6.38. The maximum Gasteiger partial charge on any atom is 0.296 e. The number of hydrogen-bond donors (Lipinski definition) is 2. The Bertz CT molecular complexity index is 1210. The summed E-state index contributed by atoms with van der Waals surface area (Å²) in [7, 11) is 0. The Hall–Kier alpha value is -3.38. The maximum atomic E-state index is 14.0. The molecule has 1 aliphatic heterocycles. The van der Waals surface area contributed by atoms with E-state index in [9.17, 15) is 13.6 Å². The van der Waals surface area contributed by atoms with Crippen LogP contribution in [0.25, 0.3) is 16.9 Å². The van der Waals surface area contributed by atoms with Crippen molar-refractivity contribution in [2.75, 3.05) is 37.7 Å². The SMILES string of the molecule is NCC(=O)N[C@H]1CC[C@H](Oc2cc(-n3c(C(F)F)nc4ccccc43)nc(N3CCOCC3)n2)CC1. The van der Waals surface area contributed by atoms with Crippen molar-refractivity contribution in [1.29, 1.82) is 0 Å². The van der Waals surface area contributed by atoms with Gasteiger partial charge in [-0.2, -0.15) is 9.97 Å². The Balaban J connectivity index is 1.46. The molecule has 1 amide bonds. The van der Waals surface area contributed by atoms with Gasteiger partial charge in [-0.3, -0.25) is 9.36 Å². The monoisotopic (exact) mass is 501 g/mol. The lowest BCUT2D eigenvalue weighted by Crippen LogP contribution is -2.42. The highest BCUT2D eigenvalue weighted by Crippen LogP contribution is 2.31. The van der Waals surface area contributed by atoms with Crippen LogP contribution in [0.15, 0.2) is 30.3 Å². The molecule has 192 valence electrons. The summed E-state index contributed by atoms with van der Waals surface area (Å²) in [6, 6.07) is 8.63. The molecule has 3 N–H and O–H groups in total. The highest BCUT2D eigenvalue weighted by Gasteiger charge is 2.26. The Kier molecular flexibility index (Phi) is 7.23. The van der Waals surface area contributed by atoms with Gasteiger partial charge in [0.1, 0.15) is 11.9 Å². The number of benzene rings is 1. The van der Waals surface area contributed by atoms with Crippen molar-refractivity contribution in [3.8, 4) is 11.7 Å². The number of nitrogens with zero attached hydrogens (tertiary/aromatic N) is 5. The summed E-state index contributed by atoms with van der Waals surface area (Å²) in [6.07, 6.45) is 0.0439. The van der Waals surface area contributed by atoms with Crippen molar-refractivity contribution in [2.24, 2.45) is 5.73 Å². The van der Waals surface area contributed by atoms with Crippen LogP contribution >= 0.6 is 0 Å². The fourth-order valence-electron chi connectivity index (χ4n) is 4.69. The summed E-state index contributed by atoms with van der Waals surface area (Å²) in [4.78, 5) is 27.0. The Morgan fingerprint density at radius 2 is 1.89 bits per heavy atom. The van der Waals surface area contributed by atoms with Gasteiger partial charge in [0.05, 0.1) is 30.8 Å². The van der Waals surface area contributed by atoms with Crippen molar-refractivity contribution < 1.29 is 23.0 Å². The van der Waals surface area contributed by atoms with Crippen LogP contribution in [-0.4, -0.2) is 70.4 Å². The average Bonchev–Trinajstić information content (AvgIpc) is 3.30. The number of halogens is 2. The molecule has 0 unspecified atom stereocenters. The number of alkyl halides is 2. The van der Waals surface area contributed by atoms with Crippen LogP contribution in [0.2, 0.25) is 0 Å². The van der Waals surface area contributed by atoms with Crippen LogP contribution in [0.1, 0.15) is 37.9 Å². The number of para-hydroxylation sites is 2. The number of nitrogens with one attached hydrogen (secondary N) is 1. The van der Waals surface area contributed by atoms with Crippen molar-refractivity contribution in [3.63, 3.8) is 0 Å². The largest absolute Gasteiger partial charge is 0.474 e. The van der Waals surface area contributed by atoms with Crippen molar-refractivity contribution in [2.45, 2.75) is 44.3 Å². The number of ether oxygens (including phenoxy) is 2. The van der Waals surface area contributed by atoms with Gasteiger partial charge in [-0.1, -0.05) is 12.1 Å². The summed E-state index contributed by atoms with van der Waals surface area (Å²) in [5, 5.41) is 2.92. The third kappa shape index (κ3) is 5.24. The normalized spacial score (nSPS) is 20.6. The van der Waals surface area contributed by atoms with E-state index in [4.69, 9.17) is 15.2 Å². The highest BCUT2D eigenvalue weighted by atomic mass is 19.3. The molecule has 2 fully saturated rings. The molecule has 5 rings (SSSR count). The fraction of sp³-hybridized carbons (Fsp3) is 0.500. The molecule has 1 saturated carbocycles. The molecular formula is C24H29F2N7O3. The minimum absolute atomic E-state index is 0.0337. The van der Waals surface area contributed by atoms with E-state index in [0.29, 0.717) is 49.2 Å². The third-order valence-corrected chi connectivity index (χ3v) is 6.49. The first-order valence-corrected chi connectivity index (χ1v) is 12.2. The zero-order valence-corrected chi connectivity index (χ0v) is 19.8. The maximum absolute atomic E-state index is 14.0. The van der Waals surface area contributed by atoms with E-state index < -0.39 is 6.43 Å². The van der Waals surface area contributed by atoms with E-state index in [0.717, 1.165) is 25.7 Å². The molecule has 12 heteroatoms. The fourth-order valence-corrected chi connectivity index (χ4v) is 4.69. The van der Waals surface area contributed by atoms with E-state index in [-0.39, 0.29) is 36.2 Å². The number of morpholine rings is 1. The second-order valence-corrected chi connectivity index (χ2v) is 8.92. The molecule has 3 aromatic rings. The van der Waals surface area contributed by atoms with Crippen molar-refractivity contribution in [1.82, 2.24) is 24.8 Å². The Morgan fingerprint density at radius 3 is 2.61 bits per heavy atom. The van der Waals surface area contributed by atoms with Gasteiger partial charge < -0.3 is 25.4 Å². The molecule has 0 spiro atoms. The predicted octanol–water partition coefficient (Wildman–Crippen LogP) is 2.35. The van der Waals surface area contributed by atoms with Crippen LogP contribution in [0.3, 0.4) is 0 Å². The Labute approximate surface area is 206 Å². The van der Waals surface area contributed by atoms with Crippen LogP contribution < -0.4 is 20.7 Å². The first kappa shape index (κ1) is 24.3. The molecular weight excluding hydrogens is 472 g/mol. The minimum atomic E-state index is -2.79. The summed E-state index contributed by atoms with van der Waals surface area (Å²) >= 11 is 0. The smallest absolute Gasteiger partial charge is 0.296 e. The van der Waals surface area contributed by atoms with Gasteiger partial charge in [-0.25, -0.2) is 13.8 Å². The lowest BCUT2D eigenvalue weighted by molar-refractivity contribution is -0.120. The summed E-state index contributed by atoms with van der Waals surface area (Å²) in [6.45, 7) is 2.19. The molecule has 0 atom stereocenters. The first-order valence-electron chi connectivity index (χ1n) is 12.2. The van der Waals surface area contributed by atoms with E-state index in [1.165, 1.54) is 4.57 Å². The minimum Gasteiger partial charge on any atom is -0.474 e. The number of rotatable bonds is 7. The van der Waals surface area contributed by atoms with Gasteiger partial charge >= 0.3 is 0 Å². The van der Waals surface area contributed by atoms with Crippen molar-refractivity contribution >= 4 is 22.9 Å². The number of nitrogens with two attached hydrogens (primary N) is 1. The Morgan fingerprint density at radius 1 is 1.14 bits per heavy atom. The molecule has 1 aromatic carbocycles. The van der Waals surface area contributed by atoms with Crippen molar-refractivity contribution in [3.05, 3.63) is 36.2 Å². The zero-order chi connectivity index (χ0) is 25.1. The van der Waals surface area contributed by atoms with E-state index >= 15 is 0 Å². The summed E-state index contributed by atoms with van der Waals surface area (Å²) < 4.78 is 41.1. The number of carbonyl (C=O) groups excluding carboxylic acids is 1. The summed E-state index contributed by atoms with van der Waals surface area (Å²) in [5.74, 6) is 0.429. The van der Waals surface area contributed by atoms with Gasteiger partial charge in [0.25, 0.3) is 6.43 Å². The second-order valence-electron chi connectivity index (χ2n) is 8.92. The number of hydrogen-bond acceptors (Lipinski definition) is 8. The number of anilines is 1. The molecule has 3 heterocycles. The lowest BCUT2D eigenvalue weighted by Gasteiger charge is -2.30. The molecule has 10 nitrogen and oxygen atoms in total. The number of fused-ring (bicyclic) bond motifs is 1. The molecule has 2 aromatic heterocycles. The predicted molar refractivity (Wildman–Crippen MR) is 129 cm³/mol. The lowest BCUT2D eigenvalue weighted by atomic mass is 9.93. The molecule has 2 aliphatic rings. The van der Waals surface area contributed by atoms with Crippen LogP contribution in [-0.2, 0) is 9.53 Å². The first-order chi connectivity index (χ1) is 17.5. The number of aromatic nitrogens is 4. The van der Waals surface area contributed by atoms with Crippen LogP contribution in [0.5, 0.6) is 5.88 Å². The number of amides is 1. The van der Waals surface area contributed by atoms with Crippen LogP contribution in [0, 0.1) is 0 Å². The van der Waals surface area contributed by atoms with E-state index in [1.54, 1.807) is 30.3 Å².